The van der Waals surface area contributed by atoms with E-state index >= 15 is 0 Å². The minimum Gasteiger partial charge on any atom is -0.368 e. The quantitative estimate of drug-likeness (QED) is 0.917. The molecule has 0 bridgehead atoms. The second-order valence-electron chi connectivity index (χ2n) is 5.26. The van der Waals surface area contributed by atoms with Gasteiger partial charge in [0.05, 0.1) is 6.61 Å². The van der Waals surface area contributed by atoms with Crippen LogP contribution in [-0.2, 0) is 11.2 Å². The van der Waals surface area contributed by atoms with Gasteiger partial charge in [0.25, 0.3) is 0 Å². The molecular weight excluding hydrogens is 286 g/mol. The van der Waals surface area contributed by atoms with Crippen molar-refractivity contribution >= 4 is 11.8 Å². The van der Waals surface area contributed by atoms with Crippen LogP contribution in [0.2, 0.25) is 0 Å². The van der Waals surface area contributed by atoms with Gasteiger partial charge in [0.2, 0.25) is 11.7 Å². The SMILES string of the molecule is c1ccc2c(c1)CCNC2c1nc(C2CSCCO2)no1. The highest BCUT2D eigenvalue weighted by Gasteiger charge is 2.28. The summed E-state index contributed by atoms with van der Waals surface area (Å²) in [6.07, 6.45) is 0.996. The summed E-state index contributed by atoms with van der Waals surface area (Å²) in [5.41, 5.74) is 2.59. The molecule has 2 aliphatic heterocycles. The first-order valence-corrected chi connectivity index (χ1v) is 8.41. The van der Waals surface area contributed by atoms with E-state index in [2.05, 4.69) is 39.7 Å². The molecule has 1 N–H and O–H groups in total. The Balaban J connectivity index is 1.61. The zero-order valence-electron chi connectivity index (χ0n) is 11.6. The van der Waals surface area contributed by atoms with Crippen molar-refractivity contribution in [1.29, 1.82) is 0 Å². The molecule has 0 spiro atoms. The lowest BCUT2D eigenvalue weighted by Crippen LogP contribution is -2.30. The van der Waals surface area contributed by atoms with E-state index in [0.717, 1.165) is 31.1 Å². The van der Waals surface area contributed by atoms with Crippen LogP contribution in [0.25, 0.3) is 0 Å². The van der Waals surface area contributed by atoms with Crippen LogP contribution in [-0.4, -0.2) is 34.8 Å². The molecule has 3 heterocycles. The van der Waals surface area contributed by atoms with Gasteiger partial charge in [0.15, 0.2) is 0 Å². The number of benzene rings is 1. The van der Waals surface area contributed by atoms with Crippen LogP contribution in [0.1, 0.15) is 35.0 Å². The third-order valence-electron chi connectivity index (χ3n) is 3.92. The molecule has 2 unspecified atom stereocenters. The fraction of sp³-hybridized carbons (Fsp3) is 0.467. The molecule has 0 aliphatic carbocycles. The lowest BCUT2D eigenvalue weighted by molar-refractivity contribution is 0.0677. The standard InChI is InChI=1S/C15H17N3O2S/c1-2-4-11-10(3-1)5-6-16-13(11)15-17-14(18-20-15)12-9-21-8-7-19-12/h1-4,12-13,16H,5-9H2. The van der Waals surface area contributed by atoms with E-state index in [4.69, 9.17) is 9.26 Å². The zero-order valence-corrected chi connectivity index (χ0v) is 12.4. The van der Waals surface area contributed by atoms with E-state index in [9.17, 15) is 0 Å². The van der Waals surface area contributed by atoms with Gasteiger partial charge in [-0.1, -0.05) is 29.4 Å². The predicted molar refractivity (Wildman–Crippen MR) is 80.3 cm³/mol. The first-order valence-electron chi connectivity index (χ1n) is 7.26. The molecule has 2 atom stereocenters. The van der Waals surface area contributed by atoms with E-state index in [1.165, 1.54) is 11.1 Å². The van der Waals surface area contributed by atoms with Crippen molar-refractivity contribution in [3.05, 3.63) is 47.1 Å². The van der Waals surface area contributed by atoms with E-state index in [1.54, 1.807) is 0 Å². The molecule has 1 saturated heterocycles. The molecule has 2 aromatic rings. The Bertz CT molecular complexity index is 625. The average Bonchev–Trinajstić information content (AvgIpc) is 3.05. The molecule has 0 radical (unpaired) electrons. The van der Waals surface area contributed by atoms with Crippen molar-refractivity contribution in [3.8, 4) is 0 Å². The second kappa shape index (κ2) is 5.79. The zero-order chi connectivity index (χ0) is 14.1. The van der Waals surface area contributed by atoms with E-state index in [0.29, 0.717) is 11.7 Å². The Hall–Kier alpha value is -1.37. The maximum absolute atomic E-state index is 5.71. The van der Waals surface area contributed by atoms with Gasteiger partial charge in [-0.3, -0.25) is 0 Å². The Kier molecular flexibility index (Phi) is 3.67. The Labute approximate surface area is 127 Å². The van der Waals surface area contributed by atoms with Crippen LogP contribution in [0, 0.1) is 0 Å². The Morgan fingerprint density at radius 2 is 2.24 bits per heavy atom. The van der Waals surface area contributed by atoms with Crippen LogP contribution >= 0.6 is 11.8 Å². The topological polar surface area (TPSA) is 60.2 Å². The largest absolute Gasteiger partial charge is 0.368 e. The Morgan fingerprint density at radius 1 is 1.29 bits per heavy atom. The number of rotatable bonds is 2. The van der Waals surface area contributed by atoms with Crippen molar-refractivity contribution in [2.24, 2.45) is 0 Å². The summed E-state index contributed by atoms with van der Waals surface area (Å²) >= 11 is 1.87. The number of aromatic nitrogens is 2. The third kappa shape index (κ3) is 2.59. The van der Waals surface area contributed by atoms with Gasteiger partial charge in [-0.05, 0) is 17.5 Å². The number of hydrogen-bond donors (Lipinski definition) is 1. The normalized spacial score (nSPS) is 25.5. The maximum atomic E-state index is 5.71. The Morgan fingerprint density at radius 3 is 3.14 bits per heavy atom. The molecule has 5 nitrogen and oxygen atoms in total. The minimum atomic E-state index is -0.0416. The van der Waals surface area contributed by atoms with Crippen LogP contribution in [0.15, 0.2) is 28.8 Å². The molecule has 0 amide bonds. The predicted octanol–water partition coefficient (Wildman–Crippen LogP) is 2.11. The summed E-state index contributed by atoms with van der Waals surface area (Å²) in [5, 5.41) is 7.59. The van der Waals surface area contributed by atoms with Crippen LogP contribution < -0.4 is 5.32 Å². The van der Waals surface area contributed by atoms with Gasteiger partial charge in [-0.25, -0.2) is 0 Å². The van der Waals surface area contributed by atoms with Crippen molar-refractivity contribution < 1.29 is 9.26 Å². The van der Waals surface area contributed by atoms with E-state index in [-0.39, 0.29) is 12.1 Å². The number of ether oxygens (including phenoxy) is 1. The summed E-state index contributed by atoms with van der Waals surface area (Å²) in [5.74, 6) is 3.24. The van der Waals surface area contributed by atoms with Gasteiger partial charge < -0.3 is 14.6 Å². The van der Waals surface area contributed by atoms with Crippen LogP contribution in [0.4, 0.5) is 0 Å². The van der Waals surface area contributed by atoms with Crippen molar-refractivity contribution in [1.82, 2.24) is 15.5 Å². The number of thioether (sulfide) groups is 1. The molecule has 4 rings (SSSR count). The summed E-state index contributed by atoms with van der Waals surface area (Å²) in [7, 11) is 0. The van der Waals surface area contributed by atoms with Gasteiger partial charge in [0, 0.05) is 18.1 Å². The van der Waals surface area contributed by atoms with Gasteiger partial charge >= 0.3 is 0 Å². The minimum absolute atomic E-state index is 0.00700. The summed E-state index contributed by atoms with van der Waals surface area (Å²) in [6.45, 7) is 1.68. The van der Waals surface area contributed by atoms with Crippen molar-refractivity contribution in [2.45, 2.75) is 18.6 Å². The summed E-state index contributed by atoms with van der Waals surface area (Å²) in [4.78, 5) is 4.58. The molecule has 6 heteroatoms. The lowest BCUT2D eigenvalue weighted by Gasteiger charge is -2.24. The van der Waals surface area contributed by atoms with E-state index in [1.807, 2.05) is 11.8 Å². The highest BCUT2D eigenvalue weighted by molar-refractivity contribution is 7.99. The molecule has 2 aliphatic rings. The number of fused-ring (bicyclic) bond motifs is 1. The molecule has 1 aromatic heterocycles. The average molecular weight is 303 g/mol. The van der Waals surface area contributed by atoms with E-state index < -0.39 is 0 Å². The first-order chi connectivity index (χ1) is 10.4. The summed E-state index contributed by atoms with van der Waals surface area (Å²) < 4.78 is 11.2. The lowest BCUT2D eigenvalue weighted by atomic mass is 9.94. The molecule has 110 valence electrons. The second-order valence-corrected chi connectivity index (χ2v) is 6.41. The van der Waals surface area contributed by atoms with Crippen molar-refractivity contribution in [2.75, 3.05) is 24.7 Å². The van der Waals surface area contributed by atoms with Crippen LogP contribution in [0.3, 0.4) is 0 Å². The number of nitrogens with zero attached hydrogens (tertiary/aromatic N) is 2. The molecule has 0 saturated carbocycles. The van der Waals surface area contributed by atoms with Gasteiger partial charge in [-0.2, -0.15) is 16.7 Å². The van der Waals surface area contributed by atoms with Gasteiger partial charge in [0.1, 0.15) is 12.1 Å². The van der Waals surface area contributed by atoms with Crippen LogP contribution in [0.5, 0.6) is 0 Å². The maximum Gasteiger partial charge on any atom is 0.248 e. The van der Waals surface area contributed by atoms with Crippen molar-refractivity contribution in [3.63, 3.8) is 0 Å². The molecule has 1 fully saturated rings. The van der Waals surface area contributed by atoms with Gasteiger partial charge in [-0.15, -0.1) is 0 Å². The third-order valence-corrected chi connectivity index (χ3v) is 4.91. The fourth-order valence-electron chi connectivity index (χ4n) is 2.86. The number of hydrogen-bond acceptors (Lipinski definition) is 6. The fourth-order valence-corrected chi connectivity index (χ4v) is 3.70. The summed E-state index contributed by atoms with van der Waals surface area (Å²) in [6, 6.07) is 8.42. The molecular formula is C15H17N3O2S. The highest BCUT2D eigenvalue weighted by Crippen LogP contribution is 2.30. The molecule has 21 heavy (non-hydrogen) atoms. The monoisotopic (exact) mass is 303 g/mol. The smallest absolute Gasteiger partial charge is 0.248 e. The highest BCUT2D eigenvalue weighted by atomic mass is 32.2. The number of nitrogens with one attached hydrogen (secondary N) is 1. The first kappa shape index (κ1) is 13.3. The molecule has 1 aromatic carbocycles.